The van der Waals surface area contributed by atoms with Crippen LogP contribution in [0.15, 0.2) is 48.5 Å². The Hall–Kier alpha value is -2.33. The molecule has 0 aliphatic heterocycles. The molecule has 1 amide bonds. The van der Waals surface area contributed by atoms with Gasteiger partial charge in [0.15, 0.2) is 0 Å². The highest BCUT2D eigenvalue weighted by molar-refractivity contribution is 5.76. The molecule has 0 bridgehead atoms. The minimum atomic E-state index is -0.200. The van der Waals surface area contributed by atoms with E-state index in [0.717, 1.165) is 22.4 Å². The van der Waals surface area contributed by atoms with Gasteiger partial charge in [0.1, 0.15) is 12.4 Å². The van der Waals surface area contributed by atoms with E-state index in [2.05, 4.69) is 5.32 Å². The maximum absolute atomic E-state index is 11.9. The fourth-order valence-corrected chi connectivity index (χ4v) is 2.50. The van der Waals surface area contributed by atoms with Gasteiger partial charge in [0, 0.05) is 13.0 Å². The Morgan fingerprint density at radius 1 is 1.09 bits per heavy atom. The smallest absolute Gasteiger partial charge is 0.221 e. The Morgan fingerprint density at radius 2 is 1.74 bits per heavy atom. The highest BCUT2D eigenvalue weighted by Crippen LogP contribution is 2.24. The molecule has 0 heterocycles. The summed E-state index contributed by atoms with van der Waals surface area (Å²) in [6.45, 7) is 4.76. The van der Waals surface area contributed by atoms with Crippen molar-refractivity contribution in [1.82, 2.24) is 5.32 Å². The van der Waals surface area contributed by atoms with Crippen molar-refractivity contribution >= 4 is 5.91 Å². The van der Waals surface area contributed by atoms with Gasteiger partial charge in [0.05, 0.1) is 6.04 Å². The first-order chi connectivity index (χ1) is 11.1. The average molecular weight is 312 g/mol. The van der Waals surface area contributed by atoms with Crippen LogP contribution in [0.4, 0.5) is 0 Å². The number of ether oxygens (including phenoxy) is 1. The average Bonchev–Trinajstić information content (AvgIpc) is 2.54. The summed E-state index contributed by atoms with van der Waals surface area (Å²) in [6.07, 6.45) is 0.312. The Balaban J connectivity index is 2.13. The summed E-state index contributed by atoms with van der Waals surface area (Å²) in [5.74, 6) is 0.813. The van der Waals surface area contributed by atoms with Crippen LogP contribution in [0.3, 0.4) is 0 Å². The number of amides is 1. The molecule has 2 rings (SSSR count). The van der Waals surface area contributed by atoms with E-state index in [9.17, 15) is 4.79 Å². The van der Waals surface area contributed by atoms with Gasteiger partial charge in [0.2, 0.25) is 5.91 Å². The summed E-state index contributed by atoms with van der Waals surface area (Å²) in [4.78, 5) is 11.9. The van der Waals surface area contributed by atoms with E-state index in [0.29, 0.717) is 19.6 Å². The summed E-state index contributed by atoms with van der Waals surface area (Å²) in [6, 6.07) is 15.7. The Kier molecular flexibility index (Phi) is 6.18. The van der Waals surface area contributed by atoms with Crippen molar-refractivity contribution in [1.29, 1.82) is 0 Å². The van der Waals surface area contributed by atoms with E-state index in [1.807, 2.05) is 62.4 Å². The zero-order chi connectivity index (χ0) is 16.7. The fourth-order valence-electron chi connectivity index (χ4n) is 2.50. The van der Waals surface area contributed by atoms with Crippen molar-refractivity contribution in [2.75, 3.05) is 13.2 Å². The first kappa shape index (κ1) is 17.0. The third-order valence-electron chi connectivity index (χ3n) is 3.71. The lowest BCUT2D eigenvalue weighted by Gasteiger charge is -2.21. The molecular weight excluding hydrogens is 288 g/mol. The first-order valence-electron chi connectivity index (χ1n) is 7.85. The molecule has 1 unspecified atom stereocenters. The summed E-state index contributed by atoms with van der Waals surface area (Å²) < 4.78 is 6.02. The molecule has 0 fully saturated rings. The monoisotopic (exact) mass is 312 g/mol. The van der Waals surface area contributed by atoms with E-state index in [1.165, 1.54) is 0 Å². The number of para-hydroxylation sites is 1. The van der Waals surface area contributed by atoms with Crippen LogP contribution in [0.5, 0.6) is 5.75 Å². The van der Waals surface area contributed by atoms with Gasteiger partial charge in [-0.1, -0.05) is 48.5 Å². The van der Waals surface area contributed by atoms with Gasteiger partial charge in [-0.3, -0.25) is 4.79 Å². The highest BCUT2D eigenvalue weighted by atomic mass is 16.5. The maximum Gasteiger partial charge on any atom is 0.221 e. The number of nitrogens with two attached hydrogens (primary N) is 1. The molecule has 122 valence electrons. The van der Waals surface area contributed by atoms with E-state index >= 15 is 0 Å². The second-order valence-corrected chi connectivity index (χ2v) is 5.60. The standard InChI is InChI=1S/C19H24N2O2/c1-14-7-6-8-15(2)19(14)23-13-17(21-18(22)11-12-20)16-9-4-3-5-10-16/h3-10,17H,11-13,20H2,1-2H3,(H,21,22). The Labute approximate surface area is 137 Å². The molecular formula is C19H24N2O2. The van der Waals surface area contributed by atoms with E-state index in [1.54, 1.807) is 0 Å². The molecule has 3 N–H and O–H groups in total. The van der Waals surface area contributed by atoms with E-state index in [-0.39, 0.29) is 11.9 Å². The van der Waals surface area contributed by atoms with Gasteiger partial charge in [-0.15, -0.1) is 0 Å². The maximum atomic E-state index is 11.9. The van der Waals surface area contributed by atoms with Gasteiger partial charge in [-0.25, -0.2) is 0 Å². The number of rotatable bonds is 7. The van der Waals surface area contributed by atoms with Crippen molar-refractivity contribution in [3.8, 4) is 5.75 Å². The molecule has 2 aromatic rings. The van der Waals surface area contributed by atoms with Crippen molar-refractivity contribution in [2.24, 2.45) is 5.73 Å². The number of carbonyl (C=O) groups excluding carboxylic acids is 1. The summed E-state index contributed by atoms with van der Waals surface area (Å²) in [7, 11) is 0. The highest BCUT2D eigenvalue weighted by Gasteiger charge is 2.16. The number of carbonyl (C=O) groups is 1. The van der Waals surface area contributed by atoms with E-state index < -0.39 is 0 Å². The molecule has 1 atom stereocenters. The van der Waals surface area contributed by atoms with Crippen LogP contribution in [0.25, 0.3) is 0 Å². The summed E-state index contributed by atoms with van der Waals surface area (Å²) >= 11 is 0. The van der Waals surface area contributed by atoms with Gasteiger partial charge in [-0.05, 0) is 30.5 Å². The number of benzene rings is 2. The predicted octanol–water partition coefficient (Wildman–Crippen LogP) is 2.89. The largest absolute Gasteiger partial charge is 0.491 e. The predicted molar refractivity (Wildman–Crippen MR) is 92.4 cm³/mol. The zero-order valence-electron chi connectivity index (χ0n) is 13.7. The van der Waals surface area contributed by atoms with Crippen LogP contribution in [0.1, 0.15) is 29.2 Å². The van der Waals surface area contributed by atoms with Crippen LogP contribution in [0, 0.1) is 13.8 Å². The van der Waals surface area contributed by atoms with Crippen molar-refractivity contribution in [3.05, 3.63) is 65.2 Å². The van der Waals surface area contributed by atoms with Gasteiger partial charge < -0.3 is 15.8 Å². The molecule has 0 saturated carbocycles. The minimum Gasteiger partial charge on any atom is -0.491 e. The lowest BCUT2D eigenvalue weighted by atomic mass is 10.1. The molecule has 2 aromatic carbocycles. The summed E-state index contributed by atoms with van der Waals surface area (Å²) in [5.41, 5.74) is 8.65. The van der Waals surface area contributed by atoms with Crippen molar-refractivity contribution in [3.63, 3.8) is 0 Å². The zero-order valence-corrected chi connectivity index (χ0v) is 13.7. The van der Waals surface area contributed by atoms with Crippen molar-refractivity contribution < 1.29 is 9.53 Å². The molecule has 0 aromatic heterocycles. The van der Waals surface area contributed by atoms with Crippen LogP contribution in [0.2, 0.25) is 0 Å². The number of hydrogen-bond acceptors (Lipinski definition) is 3. The van der Waals surface area contributed by atoms with Crippen molar-refractivity contribution in [2.45, 2.75) is 26.3 Å². The topological polar surface area (TPSA) is 64.3 Å². The quantitative estimate of drug-likeness (QED) is 0.826. The van der Waals surface area contributed by atoms with Crippen LogP contribution in [-0.4, -0.2) is 19.1 Å². The fraction of sp³-hybridized carbons (Fsp3) is 0.316. The number of hydrogen-bond donors (Lipinski definition) is 2. The normalized spacial score (nSPS) is 11.8. The number of aryl methyl sites for hydroxylation is 2. The molecule has 4 nitrogen and oxygen atoms in total. The van der Waals surface area contributed by atoms with Gasteiger partial charge >= 0.3 is 0 Å². The summed E-state index contributed by atoms with van der Waals surface area (Å²) in [5, 5.41) is 3.00. The molecule has 0 aliphatic rings. The molecule has 0 radical (unpaired) electrons. The van der Waals surface area contributed by atoms with Crippen LogP contribution < -0.4 is 15.8 Å². The molecule has 0 saturated heterocycles. The lowest BCUT2D eigenvalue weighted by molar-refractivity contribution is -0.121. The third kappa shape index (κ3) is 4.83. The minimum absolute atomic E-state index is 0.0635. The Morgan fingerprint density at radius 3 is 2.35 bits per heavy atom. The van der Waals surface area contributed by atoms with Crippen LogP contribution >= 0.6 is 0 Å². The number of nitrogens with one attached hydrogen (secondary N) is 1. The third-order valence-corrected chi connectivity index (χ3v) is 3.71. The van der Waals surface area contributed by atoms with Crippen LogP contribution in [-0.2, 0) is 4.79 Å². The molecule has 4 heteroatoms. The SMILES string of the molecule is Cc1cccc(C)c1OCC(NC(=O)CCN)c1ccccc1. The first-order valence-corrected chi connectivity index (χ1v) is 7.85. The Bertz CT molecular complexity index is 621. The molecule has 0 spiro atoms. The molecule has 23 heavy (non-hydrogen) atoms. The second kappa shape index (κ2) is 8.34. The molecule has 0 aliphatic carbocycles. The van der Waals surface area contributed by atoms with Gasteiger partial charge in [-0.2, -0.15) is 0 Å². The lowest BCUT2D eigenvalue weighted by Crippen LogP contribution is -2.33. The van der Waals surface area contributed by atoms with E-state index in [4.69, 9.17) is 10.5 Å². The van der Waals surface area contributed by atoms with Gasteiger partial charge in [0.25, 0.3) is 0 Å². The second-order valence-electron chi connectivity index (χ2n) is 5.60.